The van der Waals surface area contributed by atoms with Gasteiger partial charge in [-0.2, -0.15) is 0 Å². The lowest BCUT2D eigenvalue weighted by Crippen LogP contribution is -2.23. The van der Waals surface area contributed by atoms with E-state index in [2.05, 4.69) is 16.9 Å². The second kappa shape index (κ2) is 11.7. The molecule has 0 radical (unpaired) electrons. The van der Waals surface area contributed by atoms with Gasteiger partial charge in [0.2, 0.25) is 0 Å². The Hall–Kier alpha value is -1.83. The number of carboxylic acids is 1. The number of hydrogen-bond acceptors (Lipinski definition) is 6. The summed E-state index contributed by atoms with van der Waals surface area (Å²) in [6.45, 7) is 2.09. The van der Waals surface area contributed by atoms with Gasteiger partial charge in [-0.05, 0) is 19.3 Å². The summed E-state index contributed by atoms with van der Waals surface area (Å²) in [5.41, 5.74) is 1.08. The predicted octanol–water partition coefficient (Wildman–Crippen LogP) is 2.08. The number of hydrogen-bond donors (Lipinski definition) is 4. The molecule has 7 heteroatoms. The first-order chi connectivity index (χ1) is 12.0. The molecule has 140 valence electrons. The molecular formula is C18H28N2O5. The van der Waals surface area contributed by atoms with Crippen LogP contribution < -0.4 is 0 Å². The number of unbranched alkanes of at least 4 members (excludes halogenated alkanes) is 2. The van der Waals surface area contributed by atoms with E-state index in [1.807, 2.05) is 0 Å². The SMILES string of the molecule is CCCCCC(O)c1ncncc1/C=C/C(O)C(O)CCCC(=O)O. The van der Waals surface area contributed by atoms with Crippen LogP contribution in [0.4, 0.5) is 0 Å². The lowest BCUT2D eigenvalue weighted by atomic mass is 10.0. The van der Waals surface area contributed by atoms with Crippen molar-refractivity contribution >= 4 is 12.0 Å². The van der Waals surface area contributed by atoms with Gasteiger partial charge in [-0.15, -0.1) is 0 Å². The third kappa shape index (κ3) is 8.20. The molecule has 0 fully saturated rings. The van der Waals surface area contributed by atoms with E-state index < -0.39 is 24.3 Å². The van der Waals surface area contributed by atoms with E-state index in [4.69, 9.17) is 5.11 Å². The molecule has 25 heavy (non-hydrogen) atoms. The lowest BCUT2D eigenvalue weighted by Gasteiger charge is -2.15. The third-order valence-electron chi connectivity index (χ3n) is 3.93. The molecule has 0 aromatic carbocycles. The minimum atomic E-state index is -1.13. The van der Waals surface area contributed by atoms with Crippen LogP contribution in [0.25, 0.3) is 6.08 Å². The zero-order chi connectivity index (χ0) is 18.7. The first-order valence-electron chi connectivity index (χ1n) is 8.69. The topological polar surface area (TPSA) is 124 Å². The summed E-state index contributed by atoms with van der Waals surface area (Å²) in [5, 5.41) is 38.7. The van der Waals surface area contributed by atoms with Gasteiger partial charge in [-0.3, -0.25) is 4.79 Å². The largest absolute Gasteiger partial charge is 0.481 e. The predicted molar refractivity (Wildman–Crippen MR) is 93.7 cm³/mol. The van der Waals surface area contributed by atoms with Crippen molar-refractivity contribution in [2.45, 2.75) is 70.2 Å². The number of nitrogens with zero attached hydrogens (tertiary/aromatic N) is 2. The second-order valence-electron chi connectivity index (χ2n) is 6.08. The highest BCUT2D eigenvalue weighted by atomic mass is 16.4. The lowest BCUT2D eigenvalue weighted by molar-refractivity contribution is -0.137. The zero-order valence-electron chi connectivity index (χ0n) is 14.6. The van der Waals surface area contributed by atoms with E-state index in [1.54, 1.807) is 12.3 Å². The van der Waals surface area contributed by atoms with Crippen LogP contribution in [0.1, 0.15) is 69.2 Å². The Bertz CT molecular complexity index is 550. The Labute approximate surface area is 148 Å². The van der Waals surface area contributed by atoms with Crippen LogP contribution in [-0.4, -0.2) is 48.6 Å². The van der Waals surface area contributed by atoms with Crippen molar-refractivity contribution in [3.63, 3.8) is 0 Å². The first-order valence-corrected chi connectivity index (χ1v) is 8.69. The number of carbonyl (C=O) groups is 1. The van der Waals surface area contributed by atoms with Crippen LogP contribution in [0, 0.1) is 0 Å². The van der Waals surface area contributed by atoms with Gasteiger partial charge < -0.3 is 20.4 Å². The molecule has 0 aliphatic rings. The Morgan fingerprint density at radius 2 is 1.96 bits per heavy atom. The van der Waals surface area contributed by atoms with Crippen LogP contribution in [0.2, 0.25) is 0 Å². The average molecular weight is 352 g/mol. The quantitative estimate of drug-likeness (QED) is 0.425. The van der Waals surface area contributed by atoms with Crippen LogP contribution in [0.15, 0.2) is 18.6 Å². The summed E-state index contributed by atoms with van der Waals surface area (Å²) in [6, 6.07) is 0. The normalized spacial score (nSPS) is 15.2. The first kappa shape index (κ1) is 21.2. The maximum atomic E-state index is 10.5. The van der Waals surface area contributed by atoms with Gasteiger partial charge in [0.05, 0.1) is 24.0 Å². The number of carboxylic acid groups (broad SMARTS) is 1. The van der Waals surface area contributed by atoms with E-state index in [9.17, 15) is 20.1 Å². The summed E-state index contributed by atoms with van der Waals surface area (Å²) >= 11 is 0. The van der Waals surface area contributed by atoms with Gasteiger partial charge in [-0.1, -0.05) is 38.3 Å². The Morgan fingerprint density at radius 3 is 2.64 bits per heavy atom. The molecule has 1 aromatic heterocycles. The Kier molecular flexibility index (Phi) is 9.91. The zero-order valence-corrected chi connectivity index (χ0v) is 14.6. The molecule has 1 rings (SSSR count). The molecule has 1 heterocycles. The summed E-state index contributed by atoms with van der Waals surface area (Å²) in [5.74, 6) is -0.930. The fraction of sp³-hybridized carbons (Fsp3) is 0.611. The van der Waals surface area contributed by atoms with Crippen molar-refractivity contribution in [1.82, 2.24) is 9.97 Å². The average Bonchev–Trinajstić information content (AvgIpc) is 2.59. The molecule has 4 N–H and O–H groups in total. The Balaban J connectivity index is 2.65. The number of aliphatic hydroxyl groups excluding tert-OH is 3. The molecule has 3 atom stereocenters. The molecule has 0 aliphatic carbocycles. The van der Waals surface area contributed by atoms with Gasteiger partial charge in [0.15, 0.2) is 0 Å². The molecule has 0 saturated carbocycles. The highest BCUT2D eigenvalue weighted by molar-refractivity contribution is 5.66. The maximum absolute atomic E-state index is 10.5. The fourth-order valence-corrected chi connectivity index (χ4v) is 2.44. The van der Waals surface area contributed by atoms with Crippen molar-refractivity contribution < 1.29 is 25.2 Å². The second-order valence-corrected chi connectivity index (χ2v) is 6.08. The van der Waals surface area contributed by atoms with Gasteiger partial charge in [0.25, 0.3) is 0 Å². The van der Waals surface area contributed by atoms with Gasteiger partial charge in [0.1, 0.15) is 6.33 Å². The fourth-order valence-electron chi connectivity index (χ4n) is 2.44. The molecule has 0 spiro atoms. The van der Waals surface area contributed by atoms with Crippen molar-refractivity contribution in [2.75, 3.05) is 0 Å². The standard InChI is InChI=1S/C18H28N2O5/c1-2-3-4-6-16(23)18-13(11-19-12-20-18)9-10-15(22)14(21)7-5-8-17(24)25/h9-12,14-16,21-23H,2-8H2,1H3,(H,24,25)/b10-9+. The number of aliphatic carboxylic acids is 1. The van der Waals surface area contributed by atoms with E-state index in [0.717, 1.165) is 19.3 Å². The molecule has 1 aromatic rings. The minimum Gasteiger partial charge on any atom is -0.481 e. The minimum absolute atomic E-state index is 0.0475. The highest BCUT2D eigenvalue weighted by Gasteiger charge is 2.15. The van der Waals surface area contributed by atoms with E-state index in [0.29, 0.717) is 17.7 Å². The van der Waals surface area contributed by atoms with Crippen LogP contribution in [-0.2, 0) is 4.79 Å². The molecule has 0 bridgehead atoms. The van der Waals surface area contributed by atoms with Gasteiger partial charge >= 0.3 is 5.97 Å². The number of rotatable bonds is 12. The number of aromatic nitrogens is 2. The van der Waals surface area contributed by atoms with Crippen molar-refractivity contribution in [1.29, 1.82) is 0 Å². The third-order valence-corrected chi connectivity index (χ3v) is 3.93. The summed E-state index contributed by atoms with van der Waals surface area (Å²) in [6.07, 6.45) is 7.06. The van der Waals surface area contributed by atoms with Crippen LogP contribution >= 0.6 is 0 Å². The van der Waals surface area contributed by atoms with E-state index in [1.165, 1.54) is 12.4 Å². The number of aliphatic hydroxyl groups is 3. The smallest absolute Gasteiger partial charge is 0.303 e. The molecule has 0 saturated heterocycles. The van der Waals surface area contributed by atoms with Crippen molar-refractivity contribution in [2.24, 2.45) is 0 Å². The van der Waals surface area contributed by atoms with E-state index in [-0.39, 0.29) is 19.3 Å². The molecule has 0 amide bonds. The van der Waals surface area contributed by atoms with Gasteiger partial charge in [0, 0.05) is 18.2 Å². The maximum Gasteiger partial charge on any atom is 0.303 e. The summed E-state index contributed by atoms with van der Waals surface area (Å²) in [7, 11) is 0. The van der Waals surface area contributed by atoms with Gasteiger partial charge in [-0.25, -0.2) is 9.97 Å². The van der Waals surface area contributed by atoms with Crippen LogP contribution in [0.3, 0.4) is 0 Å². The monoisotopic (exact) mass is 352 g/mol. The Morgan fingerprint density at radius 1 is 1.20 bits per heavy atom. The molecular weight excluding hydrogens is 324 g/mol. The molecule has 0 aliphatic heterocycles. The molecule has 7 nitrogen and oxygen atoms in total. The van der Waals surface area contributed by atoms with Crippen molar-refractivity contribution in [3.05, 3.63) is 29.9 Å². The van der Waals surface area contributed by atoms with Crippen LogP contribution in [0.5, 0.6) is 0 Å². The summed E-state index contributed by atoms with van der Waals surface area (Å²) < 4.78 is 0. The highest BCUT2D eigenvalue weighted by Crippen LogP contribution is 2.22. The molecule has 3 unspecified atom stereocenters. The summed E-state index contributed by atoms with van der Waals surface area (Å²) in [4.78, 5) is 18.5. The van der Waals surface area contributed by atoms with Crippen molar-refractivity contribution in [3.8, 4) is 0 Å². The van der Waals surface area contributed by atoms with E-state index >= 15 is 0 Å².